The van der Waals surface area contributed by atoms with Crippen LogP contribution in [0.3, 0.4) is 0 Å². The van der Waals surface area contributed by atoms with Crippen molar-refractivity contribution in [2.24, 2.45) is 5.73 Å². The van der Waals surface area contributed by atoms with Gasteiger partial charge in [0.2, 0.25) is 0 Å². The van der Waals surface area contributed by atoms with Gasteiger partial charge in [-0.3, -0.25) is 4.21 Å². The van der Waals surface area contributed by atoms with Gasteiger partial charge in [0, 0.05) is 34.1 Å². The zero-order valence-electron chi connectivity index (χ0n) is 6.50. The first-order valence-corrected chi connectivity index (χ1v) is 6.06. The lowest BCUT2D eigenvalue weighted by Gasteiger charge is -2.06. The zero-order valence-corrected chi connectivity index (χ0v) is 8.13. The second kappa shape index (κ2) is 6.19. The van der Waals surface area contributed by atoms with Gasteiger partial charge in [-0.1, -0.05) is 0 Å². The Balaban J connectivity index is 3.42. The maximum absolute atomic E-state index is 11.2. The summed E-state index contributed by atoms with van der Waals surface area (Å²) >= 11 is 1.72. The third-order valence-electron chi connectivity index (χ3n) is 1.27. The Morgan fingerprint density at radius 3 is 2.70 bits per heavy atom. The predicted molar refractivity (Wildman–Crippen MR) is 49.9 cm³/mol. The standard InChI is InChI=1S/C6H15NOS2/c1-6(5-7)10(8)4-3-9-2/h6H,3-5,7H2,1-2H3. The molecule has 0 rings (SSSR count). The van der Waals surface area contributed by atoms with Gasteiger partial charge in [0.1, 0.15) is 0 Å². The summed E-state index contributed by atoms with van der Waals surface area (Å²) in [6, 6.07) is 0. The average Bonchev–Trinajstić information content (AvgIpc) is 1.98. The topological polar surface area (TPSA) is 43.1 Å². The molecule has 2 nitrogen and oxygen atoms in total. The highest BCUT2D eigenvalue weighted by atomic mass is 32.2. The lowest BCUT2D eigenvalue weighted by Crippen LogP contribution is -2.24. The maximum atomic E-state index is 11.2. The number of rotatable bonds is 5. The van der Waals surface area contributed by atoms with E-state index in [9.17, 15) is 4.21 Å². The first-order chi connectivity index (χ1) is 4.72. The molecule has 0 radical (unpaired) electrons. The largest absolute Gasteiger partial charge is 0.329 e. The molecule has 2 N–H and O–H groups in total. The van der Waals surface area contributed by atoms with Crippen molar-refractivity contribution < 1.29 is 4.21 Å². The third-order valence-corrected chi connectivity index (χ3v) is 3.84. The molecule has 10 heavy (non-hydrogen) atoms. The highest BCUT2D eigenvalue weighted by molar-refractivity contribution is 7.99. The molecule has 0 aliphatic carbocycles. The highest BCUT2D eigenvalue weighted by Crippen LogP contribution is 1.98. The van der Waals surface area contributed by atoms with Crippen molar-refractivity contribution in [1.82, 2.24) is 0 Å². The minimum absolute atomic E-state index is 0.159. The van der Waals surface area contributed by atoms with Crippen molar-refractivity contribution in [3.63, 3.8) is 0 Å². The van der Waals surface area contributed by atoms with Crippen molar-refractivity contribution in [3.8, 4) is 0 Å². The normalized spacial score (nSPS) is 16.7. The van der Waals surface area contributed by atoms with Crippen LogP contribution in [-0.2, 0) is 10.8 Å². The Bertz CT molecular complexity index is 108. The number of nitrogens with two attached hydrogens (primary N) is 1. The molecule has 0 heterocycles. The monoisotopic (exact) mass is 181 g/mol. The van der Waals surface area contributed by atoms with E-state index in [-0.39, 0.29) is 5.25 Å². The van der Waals surface area contributed by atoms with Crippen LogP contribution < -0.4 is 5.73 Å². The van der Waals surface area contributed by atoms with Crippen molar-refractivity contribution in [2.75, 3.05) is 24.3 Å². The number of thioether (sulfide) groups is 1. The van der Waals surface area contributed by atoms with E-state index in [0.717, 1.165) is 11.5 Å². The summed E-state index contributed by atoms with van der Waals surface area (Å²) in [6.45, 7) is 2.46. The van der Waals surface area contributed by atoms with Crippen LogP contribution >= 0.6 is 11.8 Å². The molecule has 0 aromatic heterocycles. The fourth-order valence-electron chi connectivity index (χ4n) is 0.474. The molecule has 2 unspecified atom stereocenters. The maximum Gasteiger partial charge on any atom is 0.0442 e. The van der Waals surface area contributed by atoms with Crippen molar-refractivity contribution in [2.45, 2.75) is 12.2 Å². The van der Waals surface area contributed by atoms with Gasteiger partial charge in [-0.25, -0.2) is 0 Å². The molecule has 0 aromatic rings. The van der Waals surface area contributed by atoms with E-state index in [4.69, 9.17) is 5.73 Å². The summed E-state index contributed by atoms with van der Waals surface area (Å²) in [5.74, 6) is 1.75. The molecule has 62 valence electrons. The predicted octanol–water partition coefficient (Wildman–Crippen LogP) is 0.445. The second-order valence-electron chi connectivity index (χ2n) is 2.12. The van der Waals surface area contributed by atoms with Crippen LogP contribution in [0.5, 0.6) is 0 Å². The number of hydrogen-bond acceptors (Lipinski definition) is 3. The molecule has 0 saturated carbocycles. The minimum atomic E-state index is -0.711. The lowest BCUT2D eigenvalue weighted by molar-refractivity contribution is 0.674. The molecule has 0 amide bonds. The van der Waals surface area contributed by atoms with Gasteiger partial charge in [-0.2, -0.15) is 11.8 Å². The Morgan fingerprint density at radius 1 is 1.70 bits per heavy atom. The first kappa shape index (κ1) is 10.5. The molecular weight excluding hydrogens is 166 g/mol. The van der Waals surface area contributed by atoms with Gasteiger partial charge in [-0.15, -0.1) is 0 Å². The van der Waals surface area contributed by atoms with Gasteiger partial charge in [0.15, 0.2) is 0 Å². The molecular formula is C6H15NOS2. The van der Waals surface area contributed by atoms with Crippen LogP contribution in [0.15, 0.2) is 0 Å². The SMILES string of the molecule is CSCCS(=O)C(C)CN. The van der Waals surface area contributed by atoms with Crippen LogP contribution in [0, 0.1) is 0 Å². The van der Waals surface area contributed by atoms with Gasteiger partial charge in [-0.05, 0) is 13.2 Å². The fraction of sp³-hybridized carbons (Fsp3) is 1.00. The lowest BCUT2D eigenvalue weighted by atomic mass is 10.5. The fourth-order valence-corrected chi connectivity index (χ4v) is 2.41. The van der Waals surface area contributed by atoms with E-state index in [1.54, 1.807) is 11.8 Å². The van der Waals surface area contributed by atoms with Crippen LogP contribution in [0.4, 0.5) is 0 Å². The van der Waals surface area contributed by atoms with E-state index < -0.39 is 10.8 Å². The summed E-state index contributed by atoms with van der Waals surface area (Å²) in [7, 11) is -0.711. The van der Waals surface area contributed by atoms with Gasteiger partial charge in [0.05, 0.1) is 0 Å². The molecule has 0 aliphatic heterocycles. The van der Waals surface area contributed by atoms with E-state index in [1.807, 2.05) is 13.2 Å². The van der Waals surface area contributed by atoms with Crippen LogP contribution in [0.1, 0.15) is 6.92 Å². The third kappa shape index (κ3) is 4.30. The molecule has 0 spiro atoms. The molecule has 2 atom stereocenters. The van der Waals surface area contributed by atoms with Crippen molar-refractivity contribution >= 4 is 22.6 Å². The average molecular weight is 181 g/mol. The Morgan fingerprint density at radius 2 is 2.30 bits per heavy atom. The second-order valence-corrected chi connectivity index (χ2v) is 5.08. The summed E-state index contributed by atoms with van der Waals surface area (Å²) < 4.78 is 11.2. The van der Waals surface area contributed by atoms with Crippen molar-refractivity contribution in [1.29, 1.82) is 0 Å². The molecule has 0 aromatic carbocycles. The number of hydrogen-bond donors (Lipinski definition) is 1. The molecule has 0 saturated heterocycles. The van der Waals surface area contributed by atoms with Crippen LogP contribution in [-0.4, -0.2) is 33.8 Å². The van der Waals surface area contributed by atoms with Gasteiger partial charge < -0.3 is 5.73 Å². The van der Waals surface area contributed by atoms with Crippen molar-refractivity contribution in [3.05, 3.63) is 0 Å². The molecule has 0 fully saturated rings. The molecule has 0 aliphatic rings. The summed E-state index contributed by atoms with van der Waals surface area (Å²) in [5.41, 5.74) is 5.34. The first-order valence-electron chi connectivity index (χ1n) is 3.28. The van der Waals surface area contributed by atoms with Gasteiger partial charge >= 0.3 is 0 Å². The summed E-state index contributed by atoms with van der Waals surface area (Å²) in [6.07, 6.45) is 2.02. The Hall–Kier alpha value is 0.460. The Labute approximate surface area is 69.4 Å². The van der Waals surface area contributed by atoms with E-state index in [0.29, 0.717) is 6.54 Å². The zero-order chi connectivity index (χ0) is 7.98. The van der Waals surface area contributed by atoms with Gasteiger partial charge in [0.25, 0.3) is 0 Å². The molecule has 4 heteroatoms. The quantitative estimate of drug-likeness (QED) is 0.669. The smallest absolute Gasteiger partial charge is 0.0442 e. The van der Waals surface area contributed by atoms with E-state index in [2.05, 4.69) is 0 Å². The highest BCUT2D eigenvalue weighted by Gasteiger charge is 2.06. The molecule has 0 bridgehead atoms. The summed E-state index contributed by atoms with van der Waals surface area (Å²) in [4.78, 5) is 0. The Kier molecular flexibility index (Phi) is 6.47. The summed E-state index contributed by atoms with van der Waals surface area (Å²) in [5, 5.41) is 0.159. The van der Waals surface area contributed by atoms with E-state index >= 15 is 0 Å². The van der Waals surface area contributed by atoms with Crippen LogP contribution in [0.25, 0.3) is 0 Å². The van der Waals surface area contributed by atoms with E-state index in [1.165, 1.54) is 0 Å². The minimum Gasteiger partial charge on any atom is -0.329 e. The van der Waals surface area contributed by atoms with Crippen LogP contribution in [0.2, 0.25) is 0 Å².